The number of pyridine rings is 1. The summed E-state index contributed by atoms with van der Waals surface area (Å²) < 4.78 is 37.9. The standard InChI is InChI=1S/C9H4Br2F3N3/c10-4-2-1-3-15-5(4)8-16-6(7(11)17-8)9(12,13)14/h1-3H,(H,16,17). The molecular formula is C9H4Br2F3N3. The molecule has 0 atom stereocenters. The van der Waals surface area contributed by atoms with E-state index < -0.39 is 11.9 Å². The van der Waals surface area contributed by atoms with E-state index in [2.05, 4.69) is 46.8 Å². The maximum atomic E-state index is 12.5. The van der Waals surface area contributed by atoms with Gasteiger partial charge in [-0.2, -0.15) is 13.2 Å². The molecule has 2 rings (SSSR count). The van der Waals surface area contributed by atoms with E-state index in [0.717, 1.165) is 0 Å². The summed E-state index contributed by atoms with van der Waals surface area (Å²) in [6.07, 6.45) is -3.00. The molecule has 0 saturated heterocycles. The third-order valence-corrected chi connectivity index (χ3v) is 3.14. The fourth-order valence-electron chi connectivity index (χ4n) is 1.21. The highest BCUT2D eigenvalue weighted by Crippen LogP contribution is 2.35. The van der Waals surface area contributed by atoms with Crippen molar-refractivity contribution in [3.8, 4) is 11.5 Å². The van der Waals surface area contributed by atoms with E-state index in [4.69, 9.17) is 0 Å². The Morgan fingerprint density at radius 3 is 2.47 bits per heavy atom. The summed E-state index contributed by atoms with van der Waals surface area (Å²) in [6.45, 7) is 0. The van der Waals surface area contributed by atoms with Crippen molar-refractivity contribution in [1.29, 1.82) is 0 Å². The number of nitrogens with zero attached hydrogens (tertiary/aromatic N) is 2. The Morgan fingerprint density at radius 1 is 1.24 bits per heavy atom. The second-order valence-corrected chi connectivity index (χ2v) is 4.69. The van der Waals surface area contributed by atoms with Gasteiger partial charge in [-0.05, 0) is 44.0 Å². The van der Waals surface area contributed by atoms with Crippen molar-refractivity contribution in [2.24, 2.45) is 0 Å². The predicted octanol–water partition coefficient (Wildman–Crippen LogP) is 4.02. The summed E-state index contributed by atoms with van der Waals surface area (Å²) in [7, 11) is 0. The molecule has 0 aliphatic rings. The van der Waals surface area contributed by atoms with E-state index >= 15 is 0 Å². The molecule has 90 valence electrons. The van der Waals surface area contributed by atoms with Crippen LogP contribution in [-0.4, -0.2) is 15.0 Å². The molecule has 1 N–H and O–H groups in total. The maximum absolute atomic E-state index is 12.5. The number of imidazole rings is 1. The van der Waals surface area contributed by atoms with Gasteiger partial charge in [0, 0.05) is 10.7 Å². The highest BCUT2D eigenvalue weighted by Gasteiger charge is 2.36. The van der Waals surface area contributed by atoms with Crippen molar-refractivity contribution < 1.29 is 13.2 Å². The van der Waals surface area contributed by atoms with Crippen LogP contribution in [0.1, 0.15) is 5.69 Å². The minimum Gasteiger partial charge on any atom is -0.332 e. The Kier molecular flexibility index (Phi) is 3.26. The molecule has 0 aliphatic heterocycles. The number of hydrogen-bond donors (Lipinski definition) is 1. The summed E-state index contributed by atoms with van der Waals surface area (Å²) in [5, 5.41) is 0. The Hall–Kier alpha value is -0.890. The van der Waals surface area contributed by atoms with Crippen LogP contribution in [0.25, 0.3) is 11.5 Å². The van der Waals surface area contributed by atoms with E-state index in [1.165, 1.54) is 6.20 Å². The number of aromatic nitrogens is 3. The molecule has 0 spiro atoms. The van der Waals surface area contributed by atoms with Crippen molar-refractivity contribution in [2.75, 3.05) is 0 Å². The molecule has 3 nitrogen and oxygen atoms in total. The third-order valence-electron chi connectivity index (χ3n) is 1.93. The van der Waals surface area contributed by atoms with Crippen molar-refractivity contribution in [2.45, 2.75) is 6.18 Å². The van der Waals surface area contributed by atoms with Crippen LogP contribution >= 0.6 is 31.9 Å². The van der Waals surface area contributed by atoms with Crippen molar-refractivity contribution in [1.82, 2.24) is 15.0 Å². The highest BCUT2D eigenvalue weighted by atomic mass is 79.9. The van der Waals surface area contributed by atoms with E-state index in [0.29, 0.717) is 10.2 Å². The molecule has 0 aliphatic carbocycles. The number of aromatic amines is 1. The number of nitrogens with one attached hydrogen (secondary N) is 1. The first kappa shape index (κ1) is 12.6. The van der Waals surface area contributed by atoms with Crippen LogP contribution in [0.4, 0.5) is 13.2 Å². The molecule has 17 heavy (non-hydrogen) atoms. The van der Waals surface area contributed by atoms with Gasteiger partial charge in [0.25, 0.3) is 0 Å². The summed E-state index contributed by atoms with van der Waals surface area (Å²) in [5.41, 5.74) is -0.603. The molecule has 0 saturated carbocycles. The van der Waals surface area contributed by atoms with E-state index in [-0.39, 0.29) is 10.4 Å². The van der Waals surface area contributed by atoms with E-state index in [1.54, 1.807) is 12.1 Å². The van der Waals surface area contributed by atoms with Gasteiger partial charge >= 0.3 is 6.18 Å². The monoisotopic (exact) mass is 369 g/mol. The lowest BCUT2D eigenvalue weighted by atomic mass is 10.3. The van der Waals surface area contributed by atoms with Gasteiger partial charge in [-0.25, -0.2) is 4.98 Å². The topological polar surface area (TPSA) is 41.6 Å². The lowest BCUT2D eigenvalue weighted by Gasteiger charge is -2.02. The molecule has 2 aromatic heterocycles. The Labute approximate surface area is 111 Å². The van der Waals surface area contributed by atoms with Crippen LogP contribution < -0.4 is 0 Å². The molecule has 0 radical (unpaired) electrons. The predicted molar refractivity (Wildman–Crippen MR) is 62.2 cm³/mol. The normalized spacial score (nSPS) is 11.8. The summed E-state index contributed by atoms with van der Waals surface area (Å²) >= 11 is 5.97. The van der Waals surface area contributed by atoms with Crippen molar-refractivity contribution in [3.05, 3.63) is 33.1 Å². The smallest absolute Gasteiger partial charge is 0.332 e. The van der Waals surface area contributed by atoms with Gasteiger partial charge in [0.05, 0.1) is 0 Å². The van der Waals surface area contributed by atoms with Gasteiger partial charge < -0.3 is 4.98 Å². The molecule has 2 aromatic rings. The summed E-state index contributed by atoms with van der Waals surface area (Å²) in [5.74, 6) is 0.0525. The average molecular weight is 371 g/mol. The van der Waals surface area contributed by atoms with Gasteiger partial charge in [-0.1, -0.05) is 0 Å². The van der Waals surface area contributed by atoms with Crippen LogP contribution in [0.15, 0.2) is 27.4 Å². The molecule has 8 heteroatoms. The summed E-state index contributed by atoms with van der Waals surface area (Å²) in [6, 6.07) is 3.34. The first-order chi connectivity index (χ1) is 7.89. The van der Waals surface area contributed by atoms with Gasteiger partial charge in [0.2, 0.25) is 0 Å². The molecule has 0 fully saturated rings. The lowest BCUT2D eigenvalue weighted by molar-refractivity contribution is -0.141. The summed E-state index contributed by atoms with van der Waals surface area (Å²) in [4.78, 5) is 9.92. The number of halogens is 5. The zero-order valence-electron chi connectivity index (χ0n) is 8.02. The van der Waals surface area contributed by atoms with Gasteiger partial charge in [-0.3, -0.25) is 4.98 Å². The minimum absolute atomic E-state index is 0.0525. The Bertz CT molecular complexity index is 551. The largest absolute Gasteiger partial charge is 0.433 e. The molecule has 0 bridgehead atoms. The van der Waals surface area contributed by atoms with Crippen LogP contribution in [0.2, 0.25) is 0 Å². The van der Waals surface area contributed by atoms with E-state index in [1.807, 2.05) is 0 Å². The third kappa shape index (κ3) is 2.52. The van der Waals surface area contributed by atoms with Gasteiger partial charge in [0.1, 0.15) is 10.3 Å². The first-order valence-electron chi connectivity index (χ1n) is 4.33. The molecule has 2 heterocycles. The quantitative estimate of drug-likeness (QED) is 0.823. The highest BCUT2D eigenvalue weighted by molar-refractivity contribution is 9.10. The number of H-pyrrole nitrogens is 1. The number of rotatable bonds is 1. The Morgan fingerprint density at radius 2 is 1.94 bits per heavy atom. The first-order valence-corrected chi connectivity index (χ1v) is 5.92. The number of hydrogen-bond acceptors (Lipinski definition) is 2. The molecule has 0 amide bonds. The van der Waals surface area contributed by atoms with E-state index in [9.17, 15) is 13.2 Å². The van der Waals surface area contributed by atoms with Crippen molar-refractivity contribution in [3.63, 3.8) is 0 Å². The lowest BCUT2D eigenvalue weighted by Crippen LogP contribution is -2.06. The Balaban J connectivity index is 2.53. The van der Waals surface area contributed by atoms with Crippen molar-refractivity contribution >= 4 is 31.9 Å². The van der Waals surface area contributed by atoms with Crippen LogP contribution in [0, 0.1) is 0 Å². The van der Waals surface area contributed by atoms with Gasteiger partial charge in [0.15, 0.2) is 11.5 Å². The average Bonchev–Trinajstić information content (AvgIpc) is 2.60. The fraction of sp³-hybridized carbons (Fsp3) is 0.111. The van der Waals surface area contributed by atoms with Crippen LogP contribution in [0.3, 0.4) is 0 Å². The maximum Gasteiger partial charge on any atom is 0.433 e. The fourth-order valence-corrected chi connectivity index (χ4v) is 2.16. The number of alkyl halides is 3. The SMILES string of the molecule is FC(F)(F)c1[nH]c(-c2ncccc2Br)nc1Br. The molecule has 0 unspecified atom stereocenters. The zero-order chi connectivity index (χ0) is 12.6. The molecule has 0 aromatic carbocycles. The zero-order valence-corrected chi connectivity index (χ0v) is 11.2. The molecular weight excluding hydrogens is 367 g/mol. The van der Waals surface area contributed by atoms with Crippen LogP contribution in [0.5, 0.6) is 0 Å². The minimum atomic E-state index is -4.48. The van der Waals surface area contributed by atoms with Crippen LogP contribution in [-0.2, 0) is 6.18 Å². The van der Waals surface area contributed by atoms with Gasteiger partial charge in [-0.15, -0.1) is 0 Å². The second-order valence-electron chi connectivity index (χ2n) is 3.08. The second kappa shape index (κ2) is 4.41.